The van der Waals surface area contributed by atoms with E-state index in [4.69, 9.17) is 33.8 Å². The van der Waals surface area contributed by atoms with E-state index in [1.165, 1.54) is 4.90 Å². The highest BCUT2D eigenvalue weighted by molar-refractivity contribution is 6.31. The molecule has 1 aromatic heterocycles. The summed E-state index contributed by atoms with van der Waals surface area (Å²) in [4.78, 5) is 21.8. The van der Waals surface area contributed by atoms with Crippen molar-refractivity contribution in [3.8, 4) is 5.88 Å². The number of hydrogen-bond acceptors (Lipinski definition) is 6. The van der Waals surface area contributed by atoms with Crippen LogP contribution in [0.1, 0.15) is 25.0 Å². The van der Waals surface area contributed by atoms with Gasteiger partial charge in [0.2, 0.25) is 5.91 Å². The van der Waals surface area contributed by atoms with Gasteiger partial charge in [0.25, 0.3) is 0 Å². The van der Waals surface area contributed by atoms with Crippen LogP contribution in [0, 0.1) is 0 Å². The predicted molar refractivity (Wildman–Crippen MR) is 144 cm³/mol. The van der Waals surface area contributed by atoms with Crippen LogP contribution in [0.3, 0.4) is 0 Å². The molecule has 0 aliphatic heterocycles. The van der Waals surface area contributed by atoms with Crippen LogP contribution in [0.25, 0.3) is 10.9 Å². The number of aromatic hydroxyl groups is 1. The van der Waals surface area contributed by atoms with Gasteiger partial charge >= 0.3 is 0 Å². The molecule has 4 aromatic rings. The Morgan fingerprint density at radius 1 is 1.03 bits per heavy atom. The Morgan fingerprint density at radius 3 is 2.34 bits per heavy atom. The van der Waals surface area contributed by atoms with Gasteiger partial charge in [-0.25, -0.2) is 4.99 Å². The minimum Gasteiger partial charge on any atom is -0.494 e. The Bertz CT molecular complexity index is 1450. The fraction of sp³-hybridized carbons (Fsp3) is 0.154. The van der Waals surface area contributed by atoms with Crippen molar-refractivity contribution >= 4 is 56.9 Å². The van der Waals surface area contributed by atoms with Crippen LogP contribution in [-0.2, 0) is 4.79 Å². The Morgan fingerprint density at radius 2 is 1.71 bits per heavy atom. The number of amides is 1. The molecule has 3 aromatic carbocycles. The first-order chi connectivity index (χ1) is 16.5. The summed E-state index contributed by atoms with van der Waals surface area (Å²) in [6, 6.07) is 17.6. The number of halogens is 1. The maximum absolute atomic E-state index is 12.5. The van der Waals surface area contributed by atoms with Crippen molar-refractivity contribution in [2.45, 2.75) is 19.4 Å². The average molecular weight is 491 g/mol. The molecule has 35 heavy (non-hydrogen) atoms. The second-order valence-electron chi connectivity index (χ2n) is 8.94. The molecule has 4 rings (SSSR count). The second kappa shape index (κ2) is 8.98. The van der Waals surface area contributed by atoms with Crippen molar-refractivity contribution in [3.05, 3.63) is 76.8 Å². The number of nitrogens with two attached hydrogens (primary N) is 3. The number of aliphatic imine (C=N–C) groups is 1. The topological polar surface area (TPSA) is 147 Å². The first-order valence-corrected chi connectivity index (χ1v) is 11.2. The number of nitrogens with one attached hydrogen (secondary N) is 1. The fourth-order valence-corrected chi connectivity index (χ4v) is 3.98. The SMILES string of the molecule is CN(C(=O)C(C)(C)N)c1ccc(N=C(c2ccc(N)c(N)c2)c2c(O)[nH]c3cc(Cl)ccc23)cc1. The summed E-state index contributed by atoms with van der Waals surface area (Å²) in [6.07, 6.45) is 0. The minimum atomic E-state index is -0.996. The van der Waals surface area contributed by atoms with E-state index < -0.39 is 5.54 Å². The van der Waals surface area contributed by atoms with Crippen molar-refractivity contribution in [3.63, 3.8) is 0 Å². The second-order valence-corrected chi connectivity index (χ2v) is 9.38. The predicted octanol–water partition coefficient (Wildman–Crippen LogP) is 4.56. The third-order valence-corrected chi connectivity index (χ3v) is 5.91. The summed E-state index contributed by atoms with van der Waals surface area (Å²) in [6.45, 7) is 3.33. The third-order valence-electron chi connectivity index (χ3n) is 5.67. The first kappa shape index (κ1) is 24.1. The van der Waals surface area contributed by atoms with E-state index in [0.29, 0.717) is 50.1 Å². The Balaban J connectivity index is 1.84. The van der Waals surface area contributed by atoms with Crippen LogP contribution in [0.2, 0.25) is 5.02 Å². The molecule has 0 spiro atoms. The maximum Gasteiger partial charge on any atom is 0.246 e. The molecule has 0 saturated carbocycles. The zero-order valence-corrected chi connectivity index (χ0v) is 20.4. The van der Waals surface area contributed by atoms with Gasteiger partial charge < -0.3 is 32.2 Å². The molecule has 180 valence electrons. The highest BCUT2D eigenvalue weighted by Gasteiger charge is 2.26. The monoisotopic (exact) mass is 490 g/mol. The lowest BCUT2D eigenvalue weighted by molar-refractivity contribution is -0.122. The first-order valence-electron chi connectivity index (χ1n) is 10.9. The van der Waals surface area contributed by atoms with Crippen molar-refractivity contribution in [2.75, 3.05) is 23.4 Å². The molecule has 1 amide bonds. The molecule has 8 N–H and O–H groups in total. The number of nitrogen functional groups attached to an aromatic ring is 2. The van der Waals surface area contributed by atoms with E-state index in [9.17, 15) is 9.90 Å². The van der Waals surface area contributed by atoms with E-state index in [-0.39, 0.29) is 11.8 Å². The number of nitrogens with zero attached hydrogens (tertiary/aromatic N) is 2. The van der Waals surface area contributed by atoms with E-state index in [1.54, 1.807) is 75.5 Å². The van der Waals surface area contributed by atoms with Crippen LogP contribution in [0.5, 0.6) is 5.88 Å². The summed E-state index contributed by atoms with van der Waals surface area (Å²) in [5.41, 5.74) is 21.4. The van der Waals surface area contributed by atoms with Gasteiger partial charge in [0.1, 0.15) is 0 Å². The van der Waals surface area contributed by atoms with Crippen molar-refractivity contribution in [1.82, 2.24) is 4.98 Å². The van der Waals surface area contributed by atoms with Gasteiger partial charge in [-0.1, -0.05) is 23.7 Å². The molecule has 0 bridgehead atoms. The average Bonchev–Trinajstić information content (AvgIpc) is 3.12. The number of H-pyrrole nitrogens is 1. The molecule has 9 heteroatoms. The Kier molecular flexibility index (Phi) is 6.19. The number of anilines is 3. The number of benzene rings is 3. The van der Waals surface area contributed by atoms with Crippen LogP contribution >= 0.6 is 11.6 Å². The standard InChI is InChI=1S/C26H27ClN6O2/c1-26(2,30)25(35)33(3)17-8-6-16(7-9-17)31-23(14-4-11-19(28)20(29)12-14)22-18-10-5-15(27)13-21(18)32-24(22)34/h4-13,32,34H,28-30H2,1-3H3. The zero-order valence-electron chi connectivity index (χ0n) is 19.6. The maximum atomic E-state index is 12.5. The smallest absolute Gasteiger partial charge is 0.246 e. The number of fused-ring (bicyclic) bond motifs is 1. The normalized spacial score (nSPS) is 12.2. The number of hydrogen-bond donors (Lipinski definition) is 5. The van der Waals surface area contributed by atoms with Crippen LogP contribution in [-0.4, -0.2) is 34.3 Å². The van der Waals surface area contributed by atoms with Crippen LogP contribution in [0.15, 0.2) is 65.7 Å². The number of rotatable bonds is 5. The zero-order chi connectivity index (χ0) is 25.5. The fourth-order valence-electron chi connectivity index (χ4n) is 3.81. The lowest BCUT2D eigenvalue weighted by Crippen LogP contribution is -2.49. The minimum absolute atomic E-state index is 0.0523. The molecule has 1 heterocycles. The number of carbonyl (C=O) groups is 1. The van der Waals surface area contributed by atoms with E-state index in [0.717, 1.165) is 5.39 Å². The Hall–Kier alpha value is -4.01. The summed E-state index contributed by atoms with van der Waals surface area (Å²) in [7, 11) is 1.67. The third kappa shape index (κ3) is 4.80. The molecular weight excluding hydrogens is 464 g/mol. The molecule has 0 unspecified atom stereocenters. The highest BCUT2D eigenvalue weighted by Crippen LogP contribution is 2.34. The Labute approximate surface area is 208 Å². The summed E-state index contributed by atoms with van der Waals surface area (Å²) in [5, 5.41) is 12.1. The van der Waals surface area contributed by atoms with Crippen molar-refractivity contribution in [2.24, 2.45) is 10.7 Å². The van der Waals surface area contributed by atoms with Gasteiger partial charge in [-0.3, -0.25) is 4.79 Å². The molecule has 0 atom stereocenters. The van der Waals surface area contributed by atoms with Gasteiger partial charge in [-0.15, -0.1) is 0 Å². The highest BCUT2D eigenvalue weighted by atomic mass is 35.5. The molecule has 0 aliphatic carbocycles. The lowest BCUT2D eigenvalue weighted by Gasteiger charge is -2.25. The van der Waals surface area contributed by atoms with Gasteiger partial charge in [-0.2, -0.15) is 0 Å². The molecular formula is C26H27ClN6O2. The van der Waals surface area contributed by atoms with E-state index >= 15 is 0 Å². The summed E-state index contributed by atoms with van der Waals surface area (Å²) < 4.78 is 0. The van der Waals surface area contributed by atoms with Crippen LogP contribution < -0.4 is 22.1 Å². The molecule has 0 aliphatic rings. The van der Waals surface area contributed by atoms with Crippen molar-refractivity contribution in [1.29, 1.82) is 0 Å². The van der Waals surface area contributed by atoms with Gasteiger partial charge in [0.05, 0.1) is 39.4 Å². The molecule has 8 nitrogen and oxygen atoms in total. The largest absolute Gasteiger partial charge is 0.494 e. The van der Waals surface area contributed by atoms with E-state index in [2.05, 4.69) is 4.98 Å². The summed E-state index contributed by atoms with van der Waals surface area (Å²) >= 11 is 6.14. The number of likely N-dealkylation sites (N-methyl/N-ethyl adjacent to an activating group) is 1. The number of carbonyl (C=O) groups excluding carboxylic acids is 1. The lowest BCUT2D eigenvalue weighted by atomic mass is 9.99. The quantitative estimate of drug-likeness (QED) is 0.205. The van der Waals surface area contributed by atoms with Crippen molar-refractivity contribution < 1.29 is 9.90 Å². The molecule has 0 radical (unpaired) electrons. The van der Waals surface area contributed by atoms with Crippen LogP contribution in [0.4, 0.5) is 22.7 Å². The van der Waals surface area contributed by atoms with Gasteiger partial charge in [-0.05, 0) is 62.4 Å². The van der Waals surface area contributed by atoms with Gasteiger partial charge in [0.15, 0.2) is 5.88 Å². The van der Waals surface area contributed by atoms with E-state index in [1.807, 2.05) is 6.07 Å². The number of aromatic nitrogens is 1. The summed E-state index contributed by atoms with van der Waals surface area (Å²) in [5.74, 6) is -0.266. The number of aromatic amines is 1. The van der Waals surface area contributed by atoms with Gasteiger partial charge in [0, 0.05) is 28.7 Å². The molecule has 0 saturated heterocycles. The molecule has 0 fully saturated rings.